The fraction of sp³-hybridized carbons (Fsp3) is 0. The van der Waals surface area contributed by atoms with Gasteiger partial charge in [-0.05, 0) is 53.6 Å². The molecule has 10 aromatic rings. The van der Waals surface area contributed by atoms with Crippen LogP contribution in [0.25, 0.3) is 66.5 Å². The van der Waals surface area contributed by atoms with E-state index < -0.39 is 7.14 Å². The third kappa shape index (κ3) is 5.01. The smallest absolute Gasteiger partial charge is 0.171 e. The van der Waals surface area contributed by atoms with Gasteiger partial charge in [-0.1, -0.05) is 170 Å². The van der Waals surface area contributed by atoms with E-state index in [1.807, 2.05) is 60.7 Å². The molecular formula is C50H35N2OP. The number of benzene rings is 8. The van der Waals surface area contributed by atoms with Gasteiger partial charge in [-0.15, -0.1) is 0 Å². The van der Waals surface area contributed by atoms with Gasteiger partial charge in [-0.2, -0.15) is 0 Å². The van der Waals surface area contributed by atoms with Gasteiger partial charge in [0.1, 0.15) is 0 Å². The first-order chi connectivity index (χ1) is 26.7. The molecule has 0 unspecified atom stereocenters. The van der Waals surface area contributed by atoms with Crippen molar-refractivity contribution in [2.75, 3.05) is 0 Å². The van der Waals surface area contributed by atoms with E-state index in [1.165, 1.54) is 27.3 Å². The Bertz CT molecular complexity index is 2930. The molecule has 54 heavy (non-hydrogen) atoms. The van der Waals surface area contributed by atoms with Crippen molar-refractivity contribution in [3.8, 4) is 33.8 Å². The molecule has 0 aliphatic rings. The quantitative estimate of drug-likeness (QED) is 0.151. The number of fused-ring (bicyclic) bond motifs is 5. The van der Waals surface area contributed by atoms with Gasteiger partial charge in [-0.25, -0.2) is 0 Å². The standard InChI is InChI=1S/C50H35N2OP/c53-54(40-24-12-4-13-25-40,41-26-14-5-15-27-41)42-32-30-39(31-33-42)51-46-29-17-16-28-43(46)44-34-35-45-47(36-18-6-1-7-19-36)48(37-20-8-2-9-21-37)52(50(45)49(44)51)38-22-10-3-11-23-38/h1-35H. The molecule has 0 amide bonds. The van der Waals surface area contributed by atoms with Crippen LogP contribution in [0.3, 0.4) is 0 Å². The van der Waals surface area contributed by atoms with Crippen LogP contribution in [0.4, 0.5) is 0 Å². The van der Waals surface area contributed by atoms with Gasteiger partial charge in [0, 0.05) is 49.0 Å². The molecule has 8 aromatic carbocycles. The lowest BCUT2D eigenvalue weighted by Gasteiger charge is -2.20. The monoisotopic (exact) mass is 710 g/mol. The highest BCUT2D eigenvalue weighted by atomic mass is 31.2. The molecule has 0 atom stereocenters. The summed E-state index contributed by atoms with van der Waals surface area (Å²) < 4.78 is 20.2. The van der Waals surface area contributed by atoms with Gasteiger partial charge >= 0.3 is 0 Å². The Hall–Kier alpha value is -6.67. The van der Waals surface area contributed by atoms with E-state index in [9.17, 15) is 0 Å². The maximum atomic E-state index is 15.3. The van der Waals surface area contributed by atoms with Crippen LogP contribution in [0.15, 0.2) is 212 Å². The molecule has 0 radical (unpaired) electrons. The molecule has 0 aliphatic carbocycles. The molecule has 4 heteroatoms. The Morgan fingerprint density at radius 2 is 0.778 bits per heavy atom. The Morgan fingerprint density at radius 1 is 0.333 bits per heavy atom. The van der Waals surface area contributed by atoms with Crippen molar-refractivity contribution in [2.24, 2.45) is 0 Å². The summed E-state index contributed by atoms with van der Waals surface area (Å²) in [5.41, 5.74) is 10.1. The predicted molar refractivity (Wildman–Crippen MR) is 228 cm³/mol. The van der Waals surface area contributed by atoms with Crippen molar-refractivity contribution in [1.29, 1.82) is 0 Å². The number of nitrogens with zero attached hydrogens (tertiary/aromatic N) is 2. The summed E-state index contributed by atoms with van der Waals surface area (Å²) in [6, 6.07) is 73.7. The third-order valence-corrected chi connectivity index (χ3v) is 13.7. The zero-order valence-electron chi connectivity index (χ0n) is 29.5. The minimum Gasteiger partial charge on any atom is -0.309 e. The van der Waals surface area contributed by atoms with E-state index in [-0.39, 0.29) is 0 Å². The van der Waals surface area contributed by atoms with Crippen molar-refractivity contribution < 1.29 is 4.57 Å². The zero-order chi connectivity index (χ0) is 36.1. The maximum absolute atomic E-state index is 15.3. The molecule has 10 rings (SSSR count). The second-order valence-electron chi connectivity index (χ2n) is 13.6. The van der Waals surface area contributed by atoms with Crippen molar-refractivity contribution in [3.05, 3.63) is 212 Å². The normalized spacial score (nSPS) is 11.8. The molecule has 256 valence electrons. The predicted octanol–water partition coefficient (Wildman–Crippen LogP) is 11.7. The molecule has 3 nitrogen and oxygen atoms in total. The van der Waals surface area contributed by atoms with Crippen molar-refractivity contribution >= 4 is 55.8 Å². The first-order valence-corrected chi connectivity index (χ1v) is 20.0. The van der Waals surface area contributed by atoms with Crippen LogP contribution in [0, 0.1) is 0 Å². The molecule has 0 spiro atoms. The van der Waals surface area contributed by atoms with E-state index in [4.69, 9.17) is 0 Å². The van der Waals surface area contributed by atoms with Gasteiger partial charge < -0.3 is 13.7 Å². The summed E-state index contributed by atoms with van der Waals surface area (Å²) in [7, 11) is -3.14. The summed E-state index contributed by atoms with van der Waals surface area (Å²) >= 11 is 0. The maximum Gasteiger partial charge on any atom is 0.171 e. The first kappa shape index (κ1) is 32.0. The molecule has 0 N–H and O–H groups in total. The summed E-state index contributed by atoms with van der Waals surface area (Å²) in [5, 5.41) is 5.99. The molecular weight excluding hydrogens is 676 g/mol. The highest BCUT2D eigenvalue weighted by Crippen LogP contribution is 2.48. The fourth-order valence-corrected chi connectivity index (χ4v) is 10.9. The van der Waals surface area contributed by atoms with Crippen LogP contribution in [-0.4, -0.2) is 9.13 Å². The topological polar surface area (TPSA) is 26.9 Å². The number of aromatic nitrogens is 2. The number of rotatable bonds is 7. The lowest BCUT2D eigenvalue weighted by molar-refractivity contribution is 0.592. The minimum atomic E-state index is -3.14. The molecule has 2 aromatic heterocycles. The van der Waals surface area contributed by atoms with Gasteiger partial charge in [-0.3, -0.25) is 0 Å². The molecule has 0 aliphatic heterocycles. The first-order valence-electron chi connectivity index (χ1n) is 18.3. The van der Waals surface area contributed by atoms with Crippen LogP contribution < -0.4 is 15.9 Å². The Kier molecular flexibility index (Phi) is 7.75. The zero-order valence-corrected chi connectivity index (χ0v) is 30.4. The van der Waals surface area contributed by atoms with Crippen LogP contribution in [0.1, 0.15) is 0 Å². The lowest BCUT2D eigenvalue weighted by atomic mass is 9.98. The Balaban J connectivity index is 1.31. The van der Waals surface area contributed by atoms with Gasteiger partial charge in [0.2, 0.25) is 0 Å². The largest absolute Gasteiger partial charge is 0.309 e. The molecule has 0 saturated carbocycles. The van der Waals surface area contributed by atoms with Gasteiger partial charge in [0.25, 0.3) is 0 Å². The van der Waals surface area contributed by atoms with E-state index in [0.717, 1.165) is 55.1 Å². The van der Waals surface area contributed by atoms with E-state index in [2.05, 4.69) is 161 Å². The van der Waals surface area contributed by atoms with Crippen LogP contribution >= 0.6 is 7.14 Å². The highest BCUT2D eigenvalue weighted by molar-refractivity contribution is 7.85. The SMILES string of the molecule is O=P(c1ccccc1)(c1ccccc1)c1ccc(-n2c3ccccc3c3ccc4c(-c5ccccc5)c(-c5ccccc5)n(-c5ccccc5)c4c32)cc1. The van der Waals surface area contributed by atoms with Gasteiger partial charge in [0.05, 0.1) is 22.2 Å². The molecule has 0 bridgehead atoms. The Morgan fingerprint density at radius 3 is 1.39 bits per heavy atom. The highest BCUT2D eigenvalue weighted by Gasteiger charge is 2.30. The minimum absolute atomic E-state index is 0.806. The average molecular weight is 711 g/mol. The lowest BCUT2D eigenvalue weighted by Crippen LogP contribution is -2.24. The van der Waals surface area contributed by atoms with Crippen molar-refractivity contribution in [1.82, 2.24) is 9.13 Å². The summed E-state index contributed by atoms with van der Waals surface area (Å²) in [4.78, 5) is 0. The van der Waals surface area contributed by atoms with E-state index in [1.54, 1.807) is 0 Å². The summed E-state index contributed by atoms with van der Waals surface area (Å²) in [6.45, 7) is 0. The molecule has 0 saturated heterocycles. The van der Waals surface area contributed by atoms with Crippen LogP contribution in [-0.2, 0) is 4.57 Å². The summed E-state index contributed by atoms with van der Waals surface area (Å²) in [5.74, 6) is 0. The van der Waals surface area contributed by atoms with Crippen molar-refractivity contribution in [3.63, 3.8) is 0 Å². The van der Waals surface area contributed by atoms with Gasteiger partial charge in [0.15, 0.2) is 7.14 Å². The average Bonchev–Trinajstić information content (AvgIpc) is 3.79. The van der Waals surface area contributed by atoms with Crippen molar-refractivity contribution in [2.45, 2.75) is 0 Å². The number of hydrogen-bond acceptors (Lipinski definition) is 1. The fourth-order valence-electron chi connectivity index (χ4n) is 8.22. The second kappa shape index (κ2) is 13.1. The molecule has 0 fully saturated rings. The molecule has 2 heterocycles. The van der Waals surface area contributed by atoms with E-state index >= 15 is 4.57 Å². The van der Waals surface area contributed by atoms with E-state index in [0.29, 0.717) is 0 Å². The number of para-hydroxylation sites is 2. The third-order valence-electron chi connectivity index (χ3n) is 10.6. The van der Waals surface area contributed by atoms with Crippen LogP contribution in [0.5, 0.6) is 0 Å². The Labute approximate surface area is 314 Å². The number of hydrogen-bond donors (Lipinski definition) is 0. The van der Waals surface area contributed by atoms with Crippen LogP contribution in [0.2, 0.25) is 0 Å². The second-order valence-corrected chi connectivity index (χ2v) is 16.4. The summed E-state index contributed by atoms with van der Waals surface area (Å²) in [6.07, 6.45) is 0.